The van der Waals surface area contributed by atoms with Crippen molar-refractivity contribution in [2.75, 3.05) is 18.0 Å². The van der Waals surface area contributed by atoms with Gasteiger partial charge >= 0.3 is 0 Å². The van der Waals surface area contributed by atoms with Crippen LogP contribution in [0.15, 0.2) is 28.8 Å². The highest BCUT2D eigenvalue weighted by molar-refractivity contribution is 5.32. The van der Waals surface area contributed by atoms with Crippen molar-refractivity contribution in [1.29, 1.82) is 0 Å². The molecule has 0 bridgehead atoms. The molecule has 1 fully saturated rings. The van der Waals surface area contributed by atoms with Crippen molar-refractivity contribution in [1.82, 2.24) is 15.5 Å². The van der Waals surface area contributed by atoms with E-state index in [1.807, 2.05) is 0 Å². The average Bonchev–Trinajstić information content (AvgIpc) is 3.17. The fourth-order valence-electron chi connectivity index (χ4n) is 3.04. The zero-order valence-electron chi connectivity index (χ0n) is 11.4. The van der Waals surface area contributed by atoms with E-state index in [4.69, 9.17) is 4.52 Å². The number of rotatable bonds is 2. The van der Waals surface area contributed by atoms with E-state index in [9.17, 15) is 0 Å². The van der Waals surface area contributed by atoms with Gasteiger partial charge in [0.25, 0.3) is 5.95 Å². The summed E-state index contributed by atoms with van der Waals surface area (Å²) >= 11 is 0. The molecule has 5 heteroatoms. The highest BCUT2D eigenvalue weighted by atomic mass is 16.5. The average molecular weight is 270 g/mol. The number of nitrogens with zero attached hydrogens (tertiary/aromatic N) is 3. The largest absolute Gasteiger partial charge is 0.338 e. The molecule has 0 unspecified atom stereocenters. The molecule has 1 aromatic carbocycles. The number of aromatic nitrogens is 2. The van der Waals surface area contributed by atoms with Gasteiger partial charge in [0.2, 0.25) is 5.89 Å². The first-order valence-corrected chi connectivity index (χ1v) is 7.29. The van der Waals surface area contributed by atoms with E-state index in [-0.39, 0.29) is 6.04 Å². The first-order chi connectivity index (χ1) is 9.90. The van der Waals surface area contributed by atoms with Gasteiger partial charge < -0.3 is 14.7 Å². The zero-order valence-corrected chi connectivity index (χ0v) is 11.4. The van der Waals surface area contributed by atoms with Crippen LogP contribution in [0.5, 0.6) is 0 Å². The third-order valence-corrected chi connectivity index (χ3v) is 4.20. The van der Waals surface area contributed by atoms with Gasteiger partial charge in [-0.05, 0) is 35.5 Å². The van der Waals surface area contributed by atoms with Gasteiger partial charge in [0.1, 0.15) is 0 Å². The first kappa shape index (κ1) is 11.9. The molecular weight excluding hydrogens is 252 g/mol. The van der Waals surface area contributed by atoms with Crippen LogP contribution in [0.2, 0.25) is 0 Å². The molecule has 0 radical (unpaired) electrons. The summed E-state index contributed by atoms with van der Waals surface area (Å²) in [6.45, 7) is 2.95. The van der Waals surface area contributed by atoms with E-state index in [0.29, 0.717) is 5.89 Å². The molecule has 2 aromatic rings. The Morgan fingerprint density at radius 3 is 2.80 bits per heavy atom. The summed E-state index contributed by atoms with van der Waals surface area (Å²) in [5.74, 6) is 1.46. The SMILES string of the molecule is c1ccc2c(c1)CN[C@H](c1nc(N3CCCC3)no1)C2. The Balaban J connectivity index is 1.54. The highest BCUT2D eigenvalue weighted by Gasteiger charge is 2.26. The molecular formula is C15H18N4O. The lowest BCUT2D eigenvalue weighted by atomic mass is 9.96. The van der Waals surface area contributed by atoms with Crippen LogP contribution >= 0.6 is 0 Å². The smallest absolute Gasteiger partial charge is 0.266 e. The van der Waals surface area contributed by atoms with E-state index < -0.39 is 0 Å². The highest BCUT2D eigenvalue weighted by Crippen LogP contribution is 2.26. The van der Waals surface area contributed by atoms with Crippen molar-refractivity contribution in [3.63, 3.8) is 0 Å². The van der Waals surface area contributed by atoms with Crippen molar-refractivity contribution >= 4 is 5.95 Å². The summed E-state index contributed by atoms with van der Waals surface area (Å²) in [5, 5.41) is 7.61. The maximum absolute atomic E-state index is 5.47. The summed E-state index contributed by atoms with van der Waals surface area (Å²) < 4.78 is 5.47. The predicted molar refractivity (Wildman–Crippen MR) is 75.5 cm³/mol. The molecule has 1 atom stereocenters. The molecule has 1 N–H and O–H groups in total. The van der Waals surface area contributed by atoms with Gasteiger partial charge in [0, 0.05) is 19.6 Å². The van der Waals surface area contributed by atoms with Gasteiger partial charge in [0.05, 0.1) is 6.04 Å². The maximum atomic E-state index is 5.47. The molecule has 2 aliphatic rings. The van der Waals surface area contributed by atoms with Gasteiger partial charge in [-0.1, -0.05) is 24.3 Å². The van der Waals surface area contributed by atoms with E-state index in [1.165, 1.54) is 24.0 Å². The number of nitrogens with one attached hydrogen (secondary N) is 1. The molecule has 0 amide bonds. The Morgan fingerprint density at radius 2 is 1.95 bits per heavy atom. The third kappa shape index (κ3) is 2.08. The van der Waals surface area contributed by atoms with Gasteiger partial charge in [-0.25, -0.2) is 0 Å². The minimum Gasteiger partial charge on any atom is -0.338 e. The summed E-state index contributed by atoms with van der Waals surface area (Å²) in [4.78, 5) is 6.77. The number of hydrogen-bond donors (Lipinski definition) is 1. The van der Waals surface area contributed by atoms with E-state index in [0.717, 1.165) is 32.0 Å². The molecule has 5 nitrogen and oxygen atoms in total. The Morgan fingerprint density at radius 1 is 1.15 bits per heavy atom. The molecule has 0 spiro atoms. The van der Waals surface area contributed by atoms with Crippen LogP contribution in [0.1, 0.15) is 35.9 Å². The summed E-state index contributed by atoms with van der Waals surface area (Å²) in [6.07, 6.45) is 3.36. The maximum Gasteiger partial charge on any atom is 0.266 e. The van der Waals surface area contributed by atoms with Gasteiger partial charge in [-0.2, -0.15) is 4.98 Å². The lowest BCUT2D eigenvalue weighted by Crippen LogP contribution is -2.28. The molecule has 3 heterocycles. The van der Waals surface area contributed by atoms with Crippen molar-refractivity contribution in [2.24, 2.45) is 0 Å². The van der Waals surface area contributed by atoms with Crippen molar-refractivity contribution in [3.8, 4) is 0 Å². The van der Waals surface area contributed by atoms with Crippen LogP contribution in [-0.4, -0.2) is 23.2 Å². The molecule has 2 aliphatic heterocycles. The monoisotopic (exact) mass is 270 g/mol. The molecule has 4 rings (SSSR count). The molecule has 1 aromatic heterocycles. The third-order valence-electron chi connectivity index (χ3n) is 4.20. The van der Waals surface area contributed by atoms with Crippen molar-refractivity contribution in [2.45, 2.75) is 31.8 Å². The lowest BCUT2D eigenvalue weighted by Gasteiger charge is -2.23. The molecule has 104 valence electrons. The minimum absolute atomic E-state index is 0.133. The van der Waals surface area contributed by atoms with Crippen LogP contribution in [0, 0.1) is 0 Å². The molecule has 1 saturated heterocycles. The second-order valence-electron chi connectivity index (χ2n) is 5.53. The van der Waals surface area contributed by atoms with Crippen molar-refractivity contribution in [3.05, 3.63) is 41.3 Å². The number of anilines is 1. The van der Waals surface area contributed by atoms with Crippen LogP contribution in [-0.2, 0) is 13.0 Å². The Labute approximate surface area is 118 Å². The van der Waals surface area contributed by atoms with Crippen LogP contribution in [0.25, 0.3) is 0 Å². The Hall–Kier alpha value is -1.88. The minimum atomic E-state index is 0.133. The van der Waals surface area contributed by atoms with E-state index in [2.05, 4.69) is 44.6 Å². The quantitative estimate of drug-likeness (QED) is 0.905. The fourth-order valence-corrected chi connectivity index (χ4v) is 3.04. The number of benzene rings is 1. The molecule has 0 aliphatic carbocycles. The normalized spacial score (nSPS) is 22.0. The Kier molecular flexibility index (Phi) is 2.92. The number of hydrogen-bond acceptors (Lipinski definition) is 5. The van der Waals surface area contributed by atoms with Crippen LogP contribution in [0.4, 0.5) is 5.95 Å². The van der Waals surface area contributed by atoms with E-state index >= 15 is 0 Å². The fraction of sp³-hybridized carbons (Fsp3) is 0.467. The topological polar surface area (TPSA) is 54.2 Å². The van der Waals surface area contributed by atoms with Gasteiger partial charge in [-0.3, -0.25) is 0 Å². The predicted octanol–water partition coefficient (Wildman–Crippen LogP) is 2.06. The van der Waals surface area contributed by atoms with Crippen LogP contribution < -0.4 is 10.2 Å². The second-order valence-corrected chi connectivity index (χ2v) is 5.53. The van der Waals surface area contributed by atoms with Crippen LogP contribution in [0.3, 0.4) is 0 Å². The summed E-state index contributed by atoms with van der Waals surface area (Å²) in [7, 11) is 0. The van der Waals surface area contributed by atoms with Gasteiger partial charge in [0.15, 0.2) is 0 Å². The Bertz CT molecular complexity index is 603. The molecule has 0 saturated carbocycles. The van der Waals surface area contributed by atoms with Crippen molar-refractivity contribution < 1.29 is 4.52 Å². The summed E-state index contributed by atoms with van der Waals surface area (Å²) in [5.41, 5.74) is 2.74. The second kappa shape index (κ2) is 4.90. The molecule has 20 heavy (non-hydrogen) atoms. The lowest BCUT2D eigenvalue weighted by molar-refractivity contribution is 0.321. The van der Waals surface area contributed by atoms with E-state index in [1.54, 1.807) is 0 Å². The van der Waals surface area contributed by atoms with Gasteiger partial charge in [-0.15, -0.1) is 0 Å². The number of fused-ring (bicyclic) bond motifs is 1. The summed E-state index contributed by atoms with van der Waals surface area (Å²) in [6, 6.07) is 8.65. The first-order valence-electron chi connectivity index (χ1n) is 7.29. The zero-order chi connectivity index (χ0) is 13.4. The standard InChI is InChI=1S/C15H18N4O/c1-2-6-12-10-16-13(9-11(12)5-1)14-17-15(18-20-14)19-7-3-4-8-19/h1-2,5-6,13,16H,3-4,7-10H2/t13-/m0/s1.